The third-order valence-corrected chi connectivity index (χ3v) is 4.87. The van der Waals surface area contributed by atoms with Crippen molar-refractivity contribution in [3.05, 3.63) is 18.2 Å². The van der Waals surface area contributed by atoms with Crippen molar-refractivity contribution in [2.75, 3.05) is 46.8 Å². The summed E-state index contributed by atoms with van der Waals surface area (Å²) >= 11 is 0. The van der Waals surface area contributed by atoms with Gasteiger partial charge in [-0.25, -0.2) is 9.78 Å². The minimum absolute atomic E-state index is 0.0449. The highest BCUT2D eigenvalue weighted by Gasteiger charge is 2.32. The van der Waals surface area contributed by atoms with Crippen LogP contribution in [0.3, 0.4) is 0 Å². The predicted molar refractivity (Wildman–Crippen MR) is 94.4 cm³/mol. The molecule has 1 atom stereocenters. The summed E-state index contributed by atoms with van der Waals surface area (Å²) in [6.07, 6.45) is 5.69. The fraction of sp³-hybridized carbons (Fsp3) is 0.647. The van der Waals surface area contributed by atoms with Crippen molar-refractivity contribution >= 4 is 17.8 Å². The summed E-state index contributed by atoms with van der Waals surface area (Å²) in [5.41, 5.74) is 0. The fourth-order valence-corrected chi connectivity index (χ4v) is 3.47. The number of likely N-dealkylation sites (tertiary alicyclic amines) is 1. The highest BCUT2D eigenvalue weighted by atomic mass is 16.2. The van der Waals surface area contributed by atoms with Gasteiger partial charge in [-0.2, -0.15) is 0 Å². The zero-order valence-electron chi connectivity index (χ0n) is 15.3. The van der Waals surface area contributed by atoms with Gasteiger partial charge < -0.3 is 19.3 Å². The monoisotopic (exact) mass is 362 g/mol. The van der Waals surface area contributed by atoms with Crippen LogP contribution in [0.5, 0.6) is 0 Å². The lowest BCUT2D eigenvalue weighted by Gasteiger charge is -2.33. The highest BCUT2D eigenvalue weighted by molar-refractivity contribution is 6.03. The Labute approximate surface area is 152 Å². The maximum atomic E-state index is 12.6. The molecular weight excluding hydrogens is 336 g/mol. The van der Waals surface area contributed by atoms with Crippen LogP contribution in [-0.2, 0) is 16.1 Å². The molecule has 0 aliphatic carbocycles. The van der Waals surface area contributed by atoms with Crippen molar-refractivity contribution in [1.29, 1.82) is 0 Å². The zero-order chi connectivity index (χ0) is 18.7. The normalized spacial score (nSPS) is 20.8. The second kappa shape index (κ2) is 7.86. The van der Waals surface area contributed by atoms with E-state index in [1.807, 2.05) is 26.5 Å². The molecule has 4 amide bonds. The number of imidazole rings is 1. The Balaban J connectivity index is 1.61. The summed E-state index contributed by atoms with van der Waals surface area (Å²) in [6.45, 7) is 2.97. The molecule has 0 saturated carbocycles. The van der Waals surface area contributed by atoms with Crippen LogP contribution in [0, 0.1) is 0 Å². The number of urea groups is 1. The number of piperidine rings is 1. The highest BCUT2D eigenvalue weighted by Crippen LogP contribution is 2.26. The van der Waals surface area contributed by atoms with Gasteiger partial charge in [0, 0.05) is 44.5 Å². The summed E-state index contributed by atoms with van der Waals surface area (Å²) in [5.74, 6) is 0.727. The van der Waals surface area contributed by atoms with E-state index >= 15 is 0 Å². The van der Waals surface area contributed by atoms with Gasteiger partial charge in [0.05, 0.1) is 0 Å². The third kappa shape index (κ3) is 4.21. The van der Waals surface area contributed by atoms with E-state index in [-0.39, 0.29) is 30.8 Å². The van der Waals surface area contributed by atoms with Gasteiger partial charge in [-0.3, -0.25) is 14.9 Å². The van der Waals surface area contributed by atoms with Gasteiger partial charge in [-0.1, -0.05) is 0 Å². The number of nitrogens with one attached hydrogen (secondary N) is 1. The second-order valence-electron chi connectivity index (χ2n) is 7.17. The molecule has 3 rings (SSSR count). The summed E-state index contributed by atoms with van der Waals surface area (Å²) in [4.78, 5) is 45.2. The number of carbonyl (C=O) groups excluding carboxylic acids is 3. The average molecular weight is 362 g/mol. The van der Waals surface area contributed by atoms with Crippen LogP contribution in [0.4, 0.5) is 4.79 Å². The average Bonchev–Trinajstić information content (AvgIpc) is 3.19. The van der Waals surface area contributed by atoms with Crippen LogP contribution < -0.4 is 5.32 Å². The number of nitrogens with zero attached hydrogens (tertiary/aromatic N) is 5. The van der Waals surface area contributed by atoms with E-state index in [0.29, 0.717) is 13.1 Å². The number of imide groups is 1. The van der Waals surface area contributed by atoms with Gasteiger partial charge in [-0.05, 0) is 26.9 Å². The number of likely N-dealkylation sites (N-methyl/N-ethyl adjacent to an activating group) is 1. The SMILES string of the molecule is CN(C)CCn1ccnc1C1CCCN(C(=O)CN2CC(=O)NC2=O)C1. The molecule has 1 aromatic rings. The minimum atomic E-state index is -0.490. The lowest BCUT2D eigenvalue weighted by atomic mass is 9.97. The standard InChI is InChI=1S/C17H26N6O3/c1-20(2)8-9-21-7-5-18-16(21)13-4-3-6-22(10-13)15(25)12-23-11-14(24)19-17(23)26/h5,7,13H,3-4,6,8-12H2,1-2H3,(H,19,24,26). The smallest absolute Gasteiger partial charge is 0.325 e. The lowest BCUT2D eigenvalue weighted by Crippen LogP contribution is -2.45. The van der Waals surface area contributed by atoms with E-state index in [4.69, 9.17) is 0 Å². The number of carbonyl (C=O) groups is 3. The molecule has 9 heteroatoms. The van der Waals surface area contributed by atoms with Crippen LogP contribution in [0.1, 0.15) is 24.6 Å². The first-order chi connectivity index (χ1) is 12.4. The van der Waals surface area contributed by atoms with Crippen molar-refractivity contribution in [2.45, 2.75) is 25.3 Å². The first-order valence-corrected chi connectivity index (χ1v) is 8.96. The van der Waals surface area contributed by atoms with Crippen molar-refractivity contribution < 1.29 is 14.4 Å². The molecule has 1 N–H and O–H groups in total. The molecule has 1 unspecified atom stereocenters. The molecule has 2 saturated heterocycles. The van der Waals surface area contributed by atoms with Crippen molar-refractivity contribution in [1.82, 2.24) is 29.6 Å². The summed E-state index contributed by atoms with van der Waals surface area (Å²) < 4.78 is 2.16. The van der Waals surface area contributed by atoms with Crippen LogP contribution in [0.15, 0.2) is 12.4 Å². The molecule has 2 aliphatic rings. The number of amides is 4. The Hall–Kier alpha value is -2.42. The Kier molecular flexibility index (Phi) is 5.55. The van der Waals surface area contributed by atoms with Crippen LogP contribution >= 0.6 is 0 Å². The number of hydrogen-bond donors (Lipinski definition) is 1. The largest absolute Gasteiger partial charge is 0.340 e. The first-order valence-electron chi connectivity index (χ1n) is 8.96. The molecule has 142 valence electrons. The van der Waals surface area contributed by atoms with Gasteiger partial charge in [-0.15, -0.1) is 0 Å². The number of rotatable bonds is 6. The maximum Gasteiger partial charge on any atom is 0.325 e. The van der Waals surface area contributed by atoms with Crippen molar-refractivity contribution in [2.24, 2.45) is 0 Å². The molecule has 0 radical (unpaired) electrons. The van der Waals surface area contributed by atoms with Gasteiger partial charge in [0.1, 0.15) is 18.9 Å². The Morgan fingerprint density at radius 3 is 2.88 bits per heavy atom. The topological polar surface area (TPSA) is 90.8 Å². The molecule has 1 aromatic heterocycles. The number of hydrogen-bond acceptors (Lipinski definition) is 5. The van der Waals surface area contributed by atoms with Gasteiger partial charge in [0.2, 0.25) is 11.8 Å². The fourth-order valence-electron chi connectivity index (χ4n) is 3.47. The van der Waals surface area contributed by atoms with E-state index in [0.717, 1.165) is 31.8 Å². The van der Waals surface area contributed by atoms with Crippen molar-refractivity contribution in [3.8, 4) is 0 Å². The van der Waals surface area contributed by atoms with E-state index in [9.17, 15) is 14.4 Å². The van der Waals surface area contributed by atoms with E-state index in [2.05, 4.69) is 19.8 Å². The Morgan fingerprint density at radius 2 is 2.19 bits per heavy atom. The third-order valence-electron chi connectivity index (χ3n) is 4.87. The lowest BCUT2D eigenvalue weighted by molar-refractivity contribution is -0.133. The molecule has 2 fully saturated rings. The van der Waals surface area contributed by atoms with E-state index < -0.39 is 6.03 Å². The second-order valence-corrected chi connectivity index (χ2v) is 7.17. The summed E-state index contributed by atoms with van der Waals surface area (Å²) in [7, 11) is 4.08. The molecule has 0 spiro atoms. The van der Waals surface area contributed by atoms with Gasteiger partial charge in [0.25, 0.3) is 0 Å². The molecule has 9 nitrogen and oxygen atoms in total. The van der Waals surface area contributed by atoms with Crippen LogP contribution in [0.25, 0.3) is 0 Å². The van der Waals surface area contributed by atoms with Crippen molar-refractivity contribution in [3.63, 3.8) is 0 Å². The number of aromatic nitrogens is 2. The summed E-state index contributed by atoms with van der Waals surface area (Å²) in [5, 5.41) is 2.20. The van der Waals surface area contributed by atoms with E-state index in [1.165, 1.54) is 4.90 Å². The maximum absolute atomic E-state index is 12.6. The van der Waals surface area contributed by atoms with E-state index in [1.54, 1.807) is 4.90 Å². The predicted octanol–water partition coefficient (Wildman–Crippen LogP) is -0.297. The molecule has 0 aromatic carbocycles. The molecule has 3 heterocycles. The van der Waals surface area contributed by atoms with Gasteiger partial charge in [0.15, 0.2) is 0 Å². The minimum Gasteiger partial charge on any atom is -0.340 e. The van der Waals surface area contributed by atoms with Gasteiger partial charge >= 0.3 is 6.03 Å². The molecular formula is C17H26N6O3. The Bertz CT molecular complexity index is 686. The first kappa shape index (κ1) is 18.4. The molecule has 0 bridgehead atoms. The molecule has 2 aliphatic heterocycles. The molecule has 26 heavy (non-hydrogen) atoms. The summed E-state index contributed by atoms with van der Waals surface area (Å²) in [6, 6.07) is -0.490. The zero-order valence-corrected chi connectivity index (χ0v) is 15.3. The quantitative estimate of drug-likeness (QED) is 0.702. The van der Waals surface area contributed by atoms with Crippen LogP contribution in [-0.4, -0.2) is 88.9 Å². The Morgan fingerprint density at radius 1 is 1.38 bits per heavy atom. The van der Waals surface area contributed by atoms with Crippen LogP contribution in [0.2, 0.25) is 0 Å².